The highest BCUT2D eigenvalue weighted by Gasteiger charge is 2.19. The first kappa shape index (κ1) is 15.3. The average Bonchev–Trinajstić information content (AvgIpc) is 2.25. The number of hydrogen-bond acceptors (Lipinski definition) is 3. The van der Waals surface area contributed by atoms with E-state index in [1.807, 2.05) is 27.7 Å². The average molecular weight is 256 g/mol. The van der Waals surface area contributed by atoms with Gasteiger partial charge in [0.25, 0.3) is 0 Å². The Morgan fingerprint density at radius 3 is 2.56 bits per heavy atom. The predicted molar refractivity (Wildman–Crippen MR) is 73.7 cm³/mol. The normalized spacial score (nSPS) is 19.3. The van der Waals surface area contributed by atoms with Gasteiger partial charge in [0.2, 0.25) is 0 Å². The Morgan fingerprint density at radius 2 is 2.00 bits per heavy atom. The van der Waals surface area contributed by atoms with E-state index in [2.05, 4.69) is 10.6 Å². The van der Waals surface area contributed by atoms with Crippen LogP contribution in [0.3, 0.4) is 0 Å². The fourth-order valence-corrected chi connectivity index (χ4v) is 2.24. The van der Waals surface area contributed by atoms with E-state index >= 15 is 0 Å². The molecular weight excluding hydrogens is 228 g/mol. The Hall–Kier alpha value is -0.770. The van der Waals surface area contributed by atoms with Gasteiger partial charge in [0.05, 0.1) is 0 Å². The number of nitrogens with one attached hydrogen (secondary N) is 2. The minimum absolute atomic E-state index is 0.190. The lowest BCUT2D eigenvalue weighted by molar-refractivity contribution is 0.0504. The fraction of sp³-hybridized carbons (Fsp3) is 0.929. The van der Waals surface area contributed by atoms with Crippen LogP contribution in [0.15, 0.2) is 0 Å². The third-order valence-electron chi connectivity index (χ3n) is 3.23. The summed E-state index contributed by atoms with van der Waals surface area (Å²) in [6.07, 6.45) is 4.45. The van der Waals surface area contributed by atoms with Gasteiger partial charge in [-0.25, -0.2) is 4.79 Å². The summed E-state index contributed by atoms with van der Waals surface area (Å²) < 4.78 is 5.24. The monoisotopic (exact) mass is 256 g/mol. The van der Waals surface area contributed by atoms with Crippen LogP contribution in [0.2, 0.25) is 0 Å². The Bertz CT molecular complexity index is 255. The van der Waals surface area contributed by atoms with Crippen LogP contribution in [0.4, 0.5) is 4.79 Å². The smallest absolute Gasteiger partial charge is 0.407 e. The molecule has 106 valence electrons. The minimum Gasteiger partial charge on any atom is -0.444 e. The Balaban J connectivity index is 2.16. The number of carbonyl (C=O) groups is 1. The van der Waals surface area contributed by atoms with E-state index < -0.39 is 5.60 Å². The second-order valence-corrected chi connectivity index (χ2v) is 6.32. The first-order chi connectivity index (χ1) is 8.37. The lowest BCUT2D eigenvalue weighted by atomic mass is 9.92. The van der Waals surface area contributed by atoms with Crippen LogP contribution in [-0.4, -0.2) is 30.8 Å². The largest absolute Gasteiger partial charge is 0.444 e. The van der Waals surface area contributed by atoms with Gasteiger partial charge < -0.3 is 15.4 Å². The maximum atomic E-state index is 11.6. The van der Waals surface area contributed by atoms with E-state index in [9.17, 15) is 4.79 Å². The van der Waals surface area contributed by atoms with Crippen LogP contribution in [0.25, 0.3) is 0 Å². The van der Waals surface area contributed by atoms with Gasteiger partial charge in [-0.1, -0.05) is 0 Å². The zero-order valence-electron chi connectivity index (χ0n) is 12.2. The molecule has 0 radical (unpaired) electrons. The highest BCUT2D eigenvalue weighted by molar-refractivity contribution is 5.67. The van der Waals surface area contributed by atoms with Crippen LogP contribution in [0.1, 0.15) is 53.4 Å². The van der Waals surface area contributed by atoms with Crippen molar-refractivity contribution < 1.29 is 9.53 Å². The van der Waals surface area contributed by atoms with Gasteiger partial charge in [0.15, 0.2) is 0 Å². The van der Waals surface area contributed by atoms with Gasteiger partial charge in [0, 0.05) is 6.04 Å². The quantitative estimate of drug-likeness (QED) is 0.813. The van der Waals surface area contributed by atoms with Gasteiger partial charge in [0.1, 0.15) is 5.60 Å². The lowest BCUT2D eigenvalue weighted by Crippen LogP contribution is -2.38. The summed E-state index contributed by atoms with van der Waals surface area (Å²) in [6, 6.07) is 0.190. The maximum absolute atomic E-state index is 11.6. The Morgan fingerprint density at radius 1 is 1.39 bits per heavy atom. The minimum atomic E-state index is -0.418. The zero-order chi connectivity index (χ0) is 13.6. The molecule has 4 heteroatoms. The molecule has 1 rings (SSSR count). The molecule has 0 aromatic rings. The number of piperidine rings is 1. The SMILES string of the molecule is CC(CCC1CCNCC1)NC(=O)OC(C)(C)C. The molecular formula is C14H28N2O2. The molecule has 18 heavy (non-hydrogen) atoms. The molecule has 0 aromatic carbocycles. The van der Waals surface area contributed by atoms with Crippen molar-refractivity contribution in [2.75, 3.05) is 13.1 Å². The molecule has 0 bridgehead atoms. The number of carbonyl (C=O) groups excluding carboxylic acids is 1. The molecule has 1 amide bonds. The van der Waals surface area contributed by atoms with E-state index in [1.54, 1.807) is 0 Å². The molecule has 1 unspecified atom stereocenters. The molecule has 0 aromatic heterocycles. The van der Waals surface area contributed by atoms with Crippen molar-refractivity contribution in [1.82, 2.24) is 10.6 Å². The first-order valence-corrected chi connectivity index (χ1v) is 7.07. The molecule has 1 fully saturated rings. The molecule has 1 atom stereocenters. The standard InChI is InChI=1S/C14H28N2O2/c1-11(16-13(17)18-14(2,3)4)5-6-12-7-9-15-10-8-12/h11-12,15H,5-10H2,1-4H3,(H,16,17). The second kappa shape index (κ2) is 6.98. The number of amides is 1. The van der Waals surface area contributed by atoms with Gasteiger partial charge in [-0.15, -0.1) is 0 Å². The predicted octanol–water partition coefficient (Wildman–Crippen LogP) is 2.68. The molecule has 0 saturated carbocycles. The summed E-state index contributed by atoms with van der Waals surface area (Å²) in [5, 5.41) is 6.27. The van der Waals surface area contributed by atoms with E-state index in [0.29, 0.717) is 0 Å². The summed E-state index contributed by atoms with van der Waals surface area (Å²) in [5.41, 5.74) is -0.418. The molecule has 0 aliphatic carbocycles. The van der Waals surface area contributed by atoms with E-state index in [0.717, 1.165) is 25.4 Å². The Labute approximate surface area is 111 Å². The molecule has 1 aliphatic rings. The molecule has 4 nitrogen and oxygen atoms in total. The van der Waals surface area contributed by atoms with E-state index in [-0.39, 0.29) is 12.1 Å². The highest BCUT2D eigenvalue weighted by Crippen LogP contribution is 2.18. The van der Waals surface area contributed by atoms with Crippen LogP contribution in [0, 0.1) is 5.92 Å². The number of ether oxygens (including phenoxy) is 1. The summed E-state index contributed by atoms with van der Waals surface area (Å²) in [5.74, 6) is 0.814. The van der Waals surface area contributed by atoms with Crippen molar-refractivity contribution in [2.45, 2.75) is 65.0 Å². The number of hydrogen-bond donors (Lipinski definition) is 2. The lowest BCUT2D eigenvalue weighted by Gasteiger charge is -2.25. The highest BCUT2D eigenvalue weighted by atomic mass is 16.6. The van der Waals surface area contributed by atoms with Crippen LogP contribution >= 0.6 is 0 Å². The van der Waals surface area contributed by atoms with E-state index in [4.69, 9.17) is 4.74 Å². The van der Waals surface area contributed by atoms with Crippen molar-refractivity contribution in [3.8, 4) is 0 Å². The third-order valence-corrected chi connectivity index (χ3v) is 3.23. The fourth-order valence-electron chi connectivity index (χ4n) is 2.24. The van der Waals surface area contributed by atoms with Crippen molar-refractivity contribution >= 4 is 6.09 Å². The van der Waals surface area contributed by atoms with Crippen molar-refractivity contribution in [3.05, 3.63) is 0 Å². The topological polar surface area (TPSA) is 50.4 Å². The van der Waals surface area contributed by atoms with Gasteiger partial charge >= 0.3 is 6.09 Å². The first-order valence-electron chi connectivity index (χ1n) is 7.07. The summed E-state index contributed by atoms with van der Waals surface area (Å²) >= 11 is 0. The maximum Gasteiger partial charge on any atom is 0.407 e. The van der Waals surface area contributed by atoms with E-state index in [1.165, 1.54) is 19.3 Å². The van der Waals surface area contributed by atoms with Crippen LogP contribution < -0.4 is 10.6 Å². The van der Waals surface area contributed by atoms with Crippen molar-refractivity contribution in [2.24, 2.45) is 5.92 Å². The van der Waals surface area contributed by atoms with Crippen molar-refractivity contribution in [3.63, 3.8) is 0 Å². The number of alkyl carbamates (subject to hydrolysis) is 1. The second-order valence-electron chi connectivity index (χ2n) is 6.32. The zero-order valence-corrected chi connectivity index (χ0v) is 12.2. The molecule has 2 N–H and O–H groups in total. The summed E-state index contributed by atoms with van der Waals surface area (Å²) in [6.45, 7) is 9.97. The summed E-state index contributed by atoms with van der Waals surface area (Å²) in [4.78, 5) is 11.6. The molecule has 1 aliphatic heterocycles. The van der Waals surface area contributed by atoms with Crippen LogP contribution in [-0.2, 0) is 4.74 Å². The van der Waals surface area contributed by atoms with Gasteiger partial charge in [-0.3, -0.25) is 0 Å². The van der Waals surface area contributed by atoms with Crippen LogP contribution in [0.5, 0.6) is 0 Å². The number of rotatable bonds is 4. The third kappa shape index (κ3) is 6.84. The molecule has 0 spiro atoms. The van der Waals surface area contributed by atoms with Crippen molar-refractivity contribution in [1.29, 1.82) is 0 Å². The Kier molecular flexibility index (Phi) is 5.93. The summed E-state index contributed by atoms with van der Waals surface area (Å²) in [7, 11) is 0. The molecule has 1 heterocycles. The van der Waals surface area contributed by atoms with Gasteiger partial charge in [-0.05, 0) is 72.4 Å². The van der Waals surface area contributed by atoms with Gasteiger partial charge in [-0.2, -0.15) is 0 Å². The molecule has 1 saturated heterocycles.